The number of aryl methyl sites for hydroxylation is 1. The maximum absolute atomic E-state index is 12.0. The van der Waals surface area contributed by atoms with E-state index in [1.807, 2.05) is 0 Å². The third-order valence-corrected chi connectivity index (χ3v) is 3.65. The average molecular weight is 236 g/mol. The molecule has 2 saturated heterocycles. The third-order valence-electron chi connectivity index (χ3n) is 3.65. The van der Waals surface area contributed by atoms with Crippen LogP contribution in [0.4, 0.5) is 5.82 Å². The first-order valence-corrected chi connectivity index (χ1v) is 5.89. The second-order valence-corrected chi connectivity index (χ2v) is 4.76. The molecule has 6 nitrogen and oxygen atoms in total. The summed E-state index contributed by atoms with van der Waals surface area (Å²) in [5.41, 5.74) is 6.20. The van der Waals surface area contributed by atoms with Crippen LogP contribution in [0.5, 0.6) is 0 Å². The molecule has 1 aromatic heterocycles. The van der Waals surface area contributed by atoms with Gasteiger partial charge in [-0.3, -0.25) is 9.48 Å². The molecule has 3 unspecified atom stereocenters. The molecule has 2 aliphatic rings. The van der Waals surface area contributed by atoms with E-state index < -0.39 is 0 Å². The fourth-order valence-corrected chi connectivity index (χ4v) is 2.66. The van der Waals surface area contributed by atoms with Crippen LogP contribution in [0, 0.1) is 0 Å². The minimum Gasteiger partial charge on any atom is -0.383 e. The summed E-state index contributed by atoms with van der Waals surface area (Å²) in [5, 5.41) is 6.94. The molecule has 3 atom stereocenters. The van der Waals surface area contributed by atoms with Crippen molar-refractivity contribution in [3.05, 3.63) is 11.8 Å². The minimum atomic E-state index is -0.156. The lowest BCUT2D eigenvalue weighted by molar-refractivity contribution is 0.0841. The van der Waals surface area contributed by atoms with E-state index in [4.69, 9.17) is 10.5 Å². The van der Waals surface area contributed by atoms with Crippen molar-refractivity contribution < 1.29 is 9.53 Å². The Morgan fingerprint density at radius 1 is 1.65 bits per heavy atom. The zero-order valence-corrected chi connectivity index (χ0v) is 9.72. The maximum Gasteiger partial charge on any atom is 0.256 e. The van der Waals surface area contributed by atoms with E-state index in [0.29, 0.717) is 17.5 Å². The Hall–Kier alpha value is -1.56. The highest BCUT2D eigenvalue weighted by molar-refractivity contribution is 5.98. The molecule has 92 valence electrons. The van der Waals surface area contributed by atoms with Crippen molar-refractivity contribution in [3.8, 4) is 0 Å². The second kappa shape index (κ2) is 3.73. The minimum absolute atomic E-state index is 0.126. The van der Waals surface area contributed by atoms with E-state index in [1.165, 1.54) is 10.9 Å². The molecule has 2 bridgehead atoms. The number of aromatic nitrogens is 2. The highest BCUT2D eigenvalue weighted by Crippen LogP contribution is 2.34. The SMILES string of the molecule is Cn1ncc(C(=O)NC2CC3CCC2O3)c1N. The van der Waals surface area contributed by atoms with Crippen molar-refractivity contribution in [1.82, 2.24) is 15.1 Å². The van der Waals surface area contributed by atoms with Gasteiger partial charge in [-0.1, -0.05) is 0 Å². The average Bonchev–Trinajstić information content (AvgIpc) is 2.96. The highest BCUT2D eigenvalue weighted by atomic mass is 16.5. The number of nitrogens with one attached hydrogen (secondary N) is 1. The quantitative estimate of drug-likeness (QED) is 0.760. The van der Waals surface area contributed by atoms with E-state index in [2.05, 4.69) is 10.4 Å². The van der Waals surface area contributed by atoms with Crippen LogP contribution in [0.25, 0.3) is 0 Å². The Morgan fingerprint density at radius 2 is 2.47 bits per heavy atom. The molecule has 3 rings (SSSR count). The number of amides is 1. The predicted octanol–water partition coefficient (Wildman–Crippen LogP) is 0.0520. The van der Waals surface area contributed by atoms with Crippen LogP contribution in [-0.4, -0.2) is 33.9 Å². The monoisotopic (exact) mass is 236 g/mol. The zero-order chi connectivity index (χ0) is 12.0. The summed E-state index contributed by atoms with van der Waals surface area (Å²) in [4.78, 5) is 12.0. The van der Waals surface area contributed by atoms with Crippen LogP contribution in [0.1, 0.15) is 29.6 Å². The van der Waals surface area contributed by atoms with Crippen LogP contribution in [-0.2, 0) is 11.8 Å². The molecule has 0 radical (unpaired) electrons. The van der Waals surface area contributed by atoms with Crippen molar-refractivity contribution in [2.45, 2.75) is 37.5 Å². The molecule has 3 heterocycles. The van der Waals surface area contributed by atoms with E-state index >= 15 is 0 Å². The summed E-state index contributed by atoms with van der Waals surface area (Å²) in [6.45, 7) is 0. The predicted molar refractivity (Wildman–Crippen MR) is 61.4 cm³/mol. The fourth-order valence-electron chi connectivity index (χ4n) is 2.66. The molecule has 0 saturated carbocycles. The second-order valence-electron chi connectivity index (χ2n) is 4.76. The Labute approximate surface area is 99.1 Å². The molecule has 0 aliphatic carbocycles. The number of nitrogens with two attached hydrogens (primary N) is 1. The number of rotatable bonds is 2. The van der Waals surface area contributed by atoms with Crippen molar-refractivity contribution in [2.24, 2.45) is 7.05 Å². The third kappa shape index (κ3) is 1.68. The van der Waals surface area contributed by atoms with E-state index in [9.17, 15) is 4.79 Å². The van der Waals surface area contributed by atoms with Crippen LogP contribution in [0.2, 0.25) is 0 Å². The Bertz CT molecular complexity index is 456. The van der Waals surface area contributed by atoms with E-state index in [0.717, 1.165) is 19.3 Å². The summed E-state index contributed by atoms with van der Waals surface area (Å²) < 4.78 is 7.18. The van der Waals surface area contributed by atoms with Crippen molar-refractivity contribution in [1.29, 1.82) is 0 Å². The van der Waals surface area contributed by atoms with Crippen LogP contribution in [0.3, 0.4) is 0 Å². The first-order valence-electron chi connectivity index (χ1n) is 5.89. The smallest absolute Gasteiger partial charge is 0.256 e. The van der Waals surface area contributed by atoms with Crippen molar-refractivity contribution in [2.75, 3.05) is 5.73 Å². The van der Waals surface area contributed by atoms with E-state index in [1.54, 1.807) is 7.05 Å². The number of fused-ring (bicyclic) bond motifs is 2. The maximum atomic E-state index is 12.0. The Morgan fingerprint density at radius 3 is 3.00 bits per heavy atom. The molecule has 1 amide bonds. The summed E-state index contributed by atoms with van der Waals surface area (Å²) in [6, 6.07) is 0.126. The van der Waals surface area contributed by atoms with Gasteiger partial charge in [-0.15, -0.1) is 0 Å². The number of nitrogen functional groups attached to an aromatic ring is 1. The molecule has 0 spiro atoms. The normalized spacial score (nSPS) is 30.8. The first kappa shape index (κ1) is 10.6. The topological polar surface area (TPSA) is 82.2 Å². The highest BCUT2D eigenvalue weighted by Gasteiger charge is 2.41. The van der Waals surface area contributed by atoms with Crippen LogP contribution >= 0.6 is 0 Å². The van der Waals surface area contributed by atoms with Gasteiger partial charge in [-0.2, -0.15) is 5.10 Å². The van der Waals surface area contributed by atoms with Crippen molar-refractivity contribution >= 4 is 11.7 Å². The summed E-state index contributed by atoms with van der Waals surface area (Å²) in [5.74, 6) is 0.239. The molecule has 6 heteroatoms. The number of nitrogens with zero attached hydrogens (tertiary/aromatic N) is 2. The van der Waals surface area contributed by atoms with Gasteiger partial charge in [0, 0.05) is 7.05 Å². The number of anilines is 1. The summed E-state index contributed by atoms with van der Waals surface area (Å²) >= 11 is 0. The van der Waals surface area contributed by atoms with Gasteiger partial charge < -0.3 is 15.8 Å². The van der Waals surface area contributed by atoms with Gasteiger partial charge in [0.1, 0.15) is 11.4 Å². The van der Waals surface area contributed by atoms with Gasteiger partial charge in [-0.05, 0) is 19.3 Å². The van der Waals surface area contributed by atoms with Gasteiger partial charge in [0.25, 0.3) is 5.91 Å². The standard InChI is InChI=1S/C11H16N4O2/c1-15-10(12)7(5-13-15)11(16)14-8-4-6-2-3-9(8)17-6/h5-6,8-9H,2-4,12H2,1H3,(H,14,16). The van der Waals surface area contributed by atoms with Gasteiger partial charge in [0.15, 0.2) is 0 Å². The number of carbonyl (C=O) groups excluding carboxylic acids is 1. The van der Waals surface area contributed by atoms with Crippen LogP contribution < -0.4 is 11.1 Å². The molecular formula is C11H16N4O2. The number of carbonyl (C=O) groups is 1. The summed E-state index contributed by atoms with van der Waals surface area (Å²) in [7, 11) is 1.72. The molecular weight excluding hydrogens is 220 g/mol. The Balaban J connectivity index is 1.70. The van der Waals surface area contributed by atoms with E-state index in [-0.39, 0.29) is 18.1 Å². The van der Waals surface area contributed by atoms with Crippen molar-refractivity contribution in [3.63, 3.8) is 0 Å². The van der Waals surface area contributed by atoms with Gasteiger partial charge in [0.2, 0.25) is 0 Å². The van der Waals surface area contributed by atoms with Gasteiger partial charge >= 0.3 is 0 Å². The number of hydrogen-bond donors (Lipinski definition) is 2. The largest absolute Gasteiger partial charge is 0.383 e. The van der Waals surface area contributed by atoms with Gasteiger partial charge in [0.05, 0.1) is 24.4 Å². The van der Waals surface area contributed by atoms with Crippen LogP contribution in [0.15, 0.2) is 6.20 Å². The molecule has 1 aromatic rings. The summed E-state index contributed by atoms with van der Waals surface area (Å²) in [6.07, 6.45) is 5.08. The molecule has 3 N–H and O–H groups in total. The molecule has 2 fully saturated rings. The fraction of sp³-hybridized carbons (Fsp3) is 0.636. The molecule has 17 heavy (non-hydrogen) atoms. The lowest BCUT2D eigenvalue weighted by atomic mass is 9.95. The lowest BCUT2D eigenvalue weighted by Crippen LogP contribution is -2.41. The zero-order valence-electron chi connectivity index (χ0n) is 9.72. The number of hydrogen-bond acceptors (Lipinski definition) is 4. The first-order chi connectivity index (χ1) is 8.15. The Kier molecular flexibility index (Phi) is 2.32. The molecule has 2 aliphatic heterocycles. The number of ether oxygens (including phenoxy) is 1. The lowest BCUT2D eigenvalue weighted by Gasteiger charge is -2.19. The molecule has 0 aromatic carbocycles. The van der Waals surface area contributed by atoms with Gasteiger partial charge in [-0.25, -0.2) is 0 Å².